The van der Waals surface area contributed by atoms with Crippen molar-refractivity contribution in [2.45, 2.75) is 12.2 Å². The van der Waals surface area contributed by atoms with Crippen LogP contribution in [0.3, 0.4) is 0 Å². The number of H-pyrrole nitrogens is 1. The van der Waals surface area contributed by atoms with Gasteiger partial charge < -0.3 is 10.3 Å². The third-order valence-corrected chi connectivity index (χ3v) is 5.29. The van der Waals surface area contributed by atoms with Crippen LogP contribution < -0.4 is 5.32 Å². The minimum atomic E-state index is -4.34. The molecule has 2 aromatic heterocycles. The Bertz CT molecular complexity index is 1150. The number of benzene rings is 2. The van der Waals surface area contributed by atoms with Crippen molar-refractivity contribution in [3.8, 4) is 17.2 Å². The zero-order chi connectivity index (χ0) is 19.7. The molecule has 28 heavy (non-hydrogen) atoms. The number of fused-ring (bicyclic) bond motifs is 1. The molecule has 4 nitrogen and oxygen atoms in total. The van der Waals surface area contributed by atoms with Crippen LogP contribution in [0.15, 0.2) is 60.2 Å². The molecule has 0 aliphatic heterocycles. The summed E-state index contributed by atoms with van der Waals surface area (Å²) in [6.07, 6.45) is -2.74. The first-order valence-electron chi connectivity index (χ1n) is 8.29. The highest BCUT2D eigenvalue weighted by Crippen LogP contribution is 2.37. The molecule has 2 heterocycles. The summed E-state index contributed by atoms with van der Waals surface area (Å²) in [5.74, 6) is 0. The number of rotatable bonds is 4. The maximum absolute atomic E-state index is 12.8. The number of nitrogens with zero attached hydrogens (tertiary/aromatic N) is 2. The van der Waals surface area contributed by atoms with Crippen LogP contribution in [0.4, 0.5) is 18.9 Å². The summed E-state index contributed by atoms with van der Waals surface area (Å²) in [4.78, 5) is 6.54. The predicted molar refractivity (Wildman–Crippen MR) is 103 cm³/mol. The van der Waals surface area contributed by atoms with Gasteiger partial charge in [0.25, 0.3) is 0 Å². The van der Waals surface area contributed by atoms with E-state index in [1.807, 2.05) is 18.2 Å². The van der Waals surface area contributed by atoms with Crippen molar-refractivity contribution >= 4 is 28.1 Å². The van der Waals surface area contributed by atoms with E-state index in [1.54, 1.807) is 30.6 Å². The van der Waals surface area contributed by atoms with Crippen molar-refractivity contribution in [3.63, 3.8) is 0 Å². The molecule has 0 spiro atoms. The van der Waals surface area contributed by atoms with E-state index in [0.29, 0.717) is 22.5 Å². The molecule has 8 heteroatoms. The van der Waals surface area contributed by atoms with Crippen molar-refractivity contribution in [2.75, 3.05) is 5.32 Å². The second-order valence-electron chi connectivity index (χ2n) is 6.16. The molecule has 2 N–H and O–H groups in total. The topological polar surface area (TPSA) is 64.5 Å². The molecule has 1 unspecified atom stereocenters. The van der Waals surface area contributed by atoms with Gasteiger partial charge >= 0.3 is 6.18 Å². The number of nitriles is 1. The Balaban J connectivity index is 1.54. The molecule has 0 bridgehead atoms. The van der Waals surface area contributed by atoms with Gasteiger partial charge in [-0.15, -0.1) is 11.3 Å². The van der Waals surface area contributed by atoms with Crippen LogP contribution in [0.2, 0.25) is 0 Å². The number of hydrogen-bond donors (Lipinski definition) is 2. The Labute approximate surface area is 162 Å². The van der Waals surface area contributed by atoms with E-state index in [0.717, 1.165) is 28.4 Å². The SMILES string of the molecule is N#CC(Nc1ccc2nc[nH]c2c1)c1ccc(-c2csc(C(F)(F)F)c2)cc1. The second-order valence-corrected chi connectivity index (χ2v) is 7.07. The summed E-state index contributed by atoms with van der Waals surface area (Å²) < 4.78 is 38.3. The lowest BCUT2D eigenvalue weighted by Gasteiger charge is -2.14. The summed E-state index contributed by atoms with van der Waals surface area (Å²) in [7, 11) is 0. The zero-order valence-corrected chi connectivity index (χ0v) is 15.1. The van der Waals surface area contributed by atoms with E-state index in [-0.39, 0.29) is 0 Å². The number of alkyl halides is 3. The van der Waals surface area contributed by atoms with Crippen molar-refractivity contribution in [1.29, 1.82) is 5.26 Å². The van der Waals surface area contributed by atoms with E-state index in [4.69, 9.17) is 0 Å². The van der Waals surface area contributed by atoms with Crippen molar-refractivity contribution in [2.24, 2.45) is 0 Å². The van der Waals surface area contributed by atoms with Gasteiger partial charge in [-0.1, -0.05) is 24.3 Å². The number of aromatic nitrogens is 2. The third-order valence-electron chi connectivity index (χ3n) is 4.32. The van der Waals surface area contributed by atoms with E-state index in [9.17, 15) is 18.4 Å². The largest absolute Gasteiger partial charge is 0.425 e. The molecule has 0 saturated carbocycles. The van der Waals surface area contributed by atoms with E-state index >= 15 is 0 Å². The Hall–Kier alpha value is -3.31. The van der Waals surface area contributed by atoms with Gasteiger partial charge in [0.2, 0.25) is 0 Å². The summed E-state index contributed by atoms with van der Waals surface area (Å²) in [6, 6.07) is 15.2. The maximum atomic E-state index is 12.8. The van der Waals surface area contributed by atoms with Crippen molar-refractivity contribution < 1.29 is 13.2 Å². The summed E-state index contributed by atoms with van der Waals surface area (Å²) >= 11 is 0.672. The van der Waals surface area contributed by atoms with Crippen molar-refractivity contribution in [3.05, 3.63) is 70.7 Å². The molecule has 0 aliphatic rings. The number of aromatic amines is 1. The molecule has 0 fully saturated rings. The number of imidazole rings is 1. The smallest absolute Gasteiger partial charge is 0.366 e. The third kappa shape index (κ3) is 3.57. The number of nitrogens with one attached hydrogen (secondary N) is 2. The van der Waals surface area contributed by atoms with Gasteiger partial charge in [0.15, 0.2) is 0 Å². The maximum Gasteiger partial charge on any atom is 0.425 e. The molecule has 4 rings (SSSR count). The molecule has 140 valence electrons. The number of halogens is 3. The molecule has 0 saturated heterocycles. The van der Waals surface area contributed by atoms with Crippen LogP contribution in [0.5, 0.6) is 0 Å². The van der Waals surface area contributed by atoms with Crippen LogP contribution >= 0.6 is 11.3 Å². The van der Waals surface area contributed by atoms with Gasteiger partial charge in [-0.2, -0.15) is 18.4 Å². The van der Waals surface area contributed by atoms with Gasteiger partial charge in [-0.25, -0.2) is 4.98 Å². The molecular weight excluding hydrogens is 385 g/mol. The Kier molecular flexibility index (Phi) is 4.53. The number of anilines is 1. The first kappa shape index (κ1) is 18.1. The van der Waals surface area contributed by atoms with Gasteiger partial charge in [-0.05, 0) is 46.3 Å². The van der Waals surface area contributed by atoms with Crippen LogP contribution in [0.1, 0.15) is 16.5 Å². The Morgan fingerprint density at radius 1 is 1.07 bits per heavy atom. The molecule has 2 aromatic carbocycles. The van der Waals surface area contributed by atoms with Crippen LogP contribution in [0.25, 0.3) is 22.2 Å². The normalized spacial score (nSPS) is 12.6. The Morgan fingerprint density at radius 2 is 1.86 bits per heavy atom. The van der Waals surface area contributed by atoms with Gasteiger partial charge in [-0.3, -0.25) is 0 Å². The average molecular weight is 398 g/mol. The van der Waals surface area contributed by atoms with Crippen LogP contribution in [0, 0.1) is 11.3 Å². The highest BCUT2D eigenvalue weighted by Gasteiger charge is 2.32. The minimum Gasteiger partial charge on any atom is -0.366 e. The Morgan fingerprint density at radius 3 is 2.54 bits per heavy atom. The highest BCUT2D eigenvalue weighted by molar-refractivity contribution is 7.10. The van der Waals surface area contributed by atoms with E-state index in [1.165, 1.54) is 5.38 Å². The lowest BCUT2D eigenvalue weighted by molar-refractivity contribution is -0.134. The lowest BCUT2D eigenvalue weighted by Crippen LogP contribution is -2.08. The lowest BCUT2D eigenvalue weighted by atomic mass is 10.0. The molecular formula is C20H13F3N4S. The van der Waals surface area contributed by atoms with Gasteiger partial charge in [0.05, 0.1) is 23.4 Å². The fourth-order valence-corrected chi connectivity index (χ4v) is 3.67. The predicted octanol–water partition coefficient (Wildman–Crippen LogP) is 5.99. The average Bonchev–Trinajstić information content (AvgIpc) is 3.35. The fraction of sp³-hybridized carbons (Fsp3) is 0.100. The minimum absolute atomic E-state index is 0.509. The molecule has 0 aliphatic carbocycles. The monoisotopic (exact) mass is 398 g/mol. The van der Waals surface area contributed by atoms with Gasteiger partial charge in [0, 0.05) is 5.69 Å². The first-order chi connectivity index (χ1) is 13.4. The molecule has 4 aromatic rings. The fourth-order valence-electron chi connectivity index (χ4n) is 2.89. The zero-order valence-electron chi connectivity index (χ0n) is 14.3. The van der Waals surface area contributed by atoms with Crippen LogP contribution in [-0.2, 0) is 6.18 Å². The molecule has 0 radical (unpaired) electrons. The molecule has 1 atom stereocenters. The standard InChI is InChI=1S/C20H13F3N4S/c21-20(22,23)19-7-14(10-28-19)12-1-3-13(4-2-12)18(9-24)27-15-5-6-16-17(8-15)26-11-25-16/h1-8,10-11,18,27H,(H,25,26). The second kappa shape index (κ2) is 7.02. The summed E-state index contributed by atoms with van der Waals surface area (Å²) in [5.41, 5.74) is 4.36. The quantitative estimate of drug-likeness (QED) is 0.444. The van der Waals surface area contributed by atoms with Crippen LogP contribution in [-0.4, -0.2) is 9.97 Å². The summed E-state index contributed by atoms with van der Waals surface area (Å²) in [6.45, 7) is 0. The van der Waals surface area contributed by atoms with Gasteiger partial charge in [0.1, 0.15) is 10.9 Å². The summed E-state index contributed by atoms with van der Waals surface area (Å²) in [5, 5.41) is 14.2. The first-order valence-corrected chi connectivity index (χ1v) is 9.17. The number of hydrogen-bond acceptors (Lipinski definition) is 4. The molecule has 0 amide bonds. The highest BCUT2D eigenvalue weighted by atomic mass is 32.1. The van der Waals surface area contributed by atoms with E-state index < -0.39 is 17.1 Å². The number of thiophene rings is 1. The van der Waals surface area contributed by atoms with Crippen molar-refractivity contribution in [1.82, 2.24) is 9.97 Å². The van der Waals surface area contributed by atoms with E-state index in [2.05, 4.69) is 21.4 Å².